The number of ether oxygens (including phenoxy) is 1. The highest BCUT2D eigenvalue weighted by Crippen LogP contribution is 2.29. The summed E-state index contributed by atoms with van der Waals surface area (Å²) in [5.74, 6) is 1.10. The van der Waals surface area contributed by atoms with Crippen LogP contribution in [0, 0.1) is 19.8 Å². The Morgan fingerprint density at radius 1 is 1.20 bits per heavy atom. The smallest absolute Gasteiger partial charge is 0.223 e. The Hall–Kier alpha value is -2.93. The number of rotatable bonds is 6. The van der Waals surface area contributed by atoms with Crippen molar-refractivity contribution in [3.05, 3.63) is 47.8 Å². The Kier molecular flexibility index (Phi) is 5.99. The molecule has 0 radical (unpaired) electrons. The fourth-order valence-corrected chi connectivity index (χ4v) is 3.97. The van der Waals surface area contributed by atoms with Crippen LogP contribution in [0.15, 0.2) is 36.7 Å². The summed E-state index contributed by atoms with van der Waals surface area (Å²) < 4.78 is 6.90. The number of anilines is 1. The Labute approximate surface area is 177 Å². The molecule has 1 fully saturated rings. The molecule has 0 spiro atoms. The lowest BCUT2D eigenvalue weighted by atomic mass is 9.96. The molecule has 1 aliphatic heterocycles. The molecule has 3 aromatic rings. The SMILES string of the molecule is COCCNC(=O)C1CCN(c2nccn3nc(-c4ccc(C)c(C)c4)cc23)CC1. The number of nitrogens with one attached hydrogen (secondary N) is 1. The van der Waals surface area contributed by atoms with Gasteiger partial charge < -0.3 is 15.0 Å². The second-order valence-electron chi connectivity index (χ2n) is 7.95. The van der Waals surface area contributed by atoms with Crippen molar-refractivity contribution in [2.75, 3.05) is 38.3 Å². The minimum atomic E-state index is 0.0499. The van der Waals surface area contributed by atoms with Gasteiger partial charge in [-0.1, -0.05) is 12.1 Å². The first-order valence-electron chi connectivity index (χ1n) is 10.5. The van der Waals surface area contributed by atoms with E-state index in [0.717, 1.165) is 48.5 Å². The fraction of sp³-hybridized carbons (Fsp3) is 0.435. The van der Waals surface area contributed by atoms with Crippen LogP contribution in [0.2, 0.25) is 0 Å². The van der Waals surface area contributed by atoms with Gasteiger partial charge in [0.15, 0.2) is 5.82 Å². The summed E-state index contributed by atoms with van der Waals surface area (Å²) in [5, 5.41) is 7.72. The normalized spacial score (nSPS) is 15.0. The van der Waals surface area contributed by atoms with E-state index in [4.69, 9.17) is 9.84 Å². The predicted molar refractivity (Wildman–Crippen MR) is 118 cm³/mol. The van der Waals surface area contributed by atoms with Gasteiger partial charge in [0.2, 0.25) is 5.91 Å². The molecule has 7 nitrogen and oxygen atoms in total. The van der Waals surface area contributed by atoms with Gasteiger partial charge in [-0.15, -0.1) is 0 Å². The second-order valence-corrected chi connectivity index (χ2v) is 7.95. The maximum atomic E-state index is 12.3. The summed E-state index contributed by atoms with van der Waals surface area (Å²) in [6.45, 7) is 6.95. The van der Waals surface area contributed by atoms with Crippen LogP contribution in [0.25, 0.3) is 16.8 Å². The molecule has 0 unspecified atom stereocenters. The molecule has 0 aliphatic carbocycles. The van der Waals surface area contributed by atoms with Crippen molar-refractivity contribution in [3.8, 4) is 11.3 Å². The third kappa shape index (κ3) is 4.16. The summed E-state index contributed by atoms with van der Waals surface area (Å²) in [7, 11) is 1.64. The van der Waals surface area contributed by atoms with Crippen LogP contribution in [-0.2, 0) is 9.53 Å². The topological polar surface area (TPSA) is 71.8 Å². The van der Waals surface area contributed by atoms with Gasteiger partial charge in [-0.3, -0.25) is 4.79 Å². The Balaban J connectivity index is 1.50. The van der Waals surface area contributed by atoms with Crippen molar-refractivity contribution in [1.82, 2.24) is 19.9 Å². The minimum absolute atomic E-state index is 0.0499. The molecular formula is C23H29N5O2. The summed E-state index contributed by atoms with van der Waals surface area (Å²) >= 11 is 0. The zero-order valence-electron chi connectivity index (χ0n) is 17.9. The van der Waals surface area contributed by atoms with Gasteiger partial charge in [-0.25, -0.2) is 9.50 Å². The van der Waals surface area contributed by atoms with E-state index in [1.807, 2.05) is 10.7 Å². The van der Waals surface area contributed by atoms with Crippen LogP contribution < -0.4 is 10.2 Å². The highest BCUT2D eigenvalue weighted by molar-refractivity contribution is 5.79. The highest BCUT2D eigenvalue weighted by Gasteiger charge is 2.26. The summed E-state index contributed by atoms with van der Waals surface area (Å²) in [4.78, 5) is 19.2. The molecule has 158 valence electrons. The molecule has 7 heteroatoms. The first-order valence-corrected chi connectivity index (χ1v) is 10.5. The molecule has 0 bridgehead atoms. The van der Waals surface area contributed by atoms with Crippen LogP contribution in [0.5, 0.6) is 0 Å². The minimum Gasteiger partial charge on any atom is -0.383 e. The molecule has 4 rings (SSSR count). The van der Waals surface area contributed by atoms with E-state index in [1.165, 1.54) is 11.1 Å². The number of fused-ring (bicyclic) bond motifs is 1. The molecule has 1 amide bonds. The largest absolute Gasteiger partial charge is 0.383 e. The van der Waals surface area contributed by atoms with Crippen LogP contribution in [0.4, 0.5) is 5.82 Å². The molecule has 3 heterocycles. The lowest BCUT2D eigenvalue weighted by Crippen LogP contribution is -2.41. The van der Waals surface area contributed by atoms with Crippen molar-refractivity contribution in [1.29, 1.82) is 0 Å². The zero-order chi connectivity index (χ0) is 21.1. The first kappa shape index (κ1) is 20.3. The molecule has 0 saturated carbocycles. The quantitative estimate of drug-likeness (QED) is 0.636. The Bertz CT molecular complexity index is 1040. The van der Waals surface area contributed by atoms with E-state index < -0.39 is 0 Å². The molecule has 1 aliphatic rings. The molecule has 1 saturated heterocycles. The number of aryl methyl sites for hydroxylation is 2. The molecular weight excluding hydrogens is 378 g/mol. The molecule has 1 N–H and O–H groups in total. The summed E-state index contributed by atoms with van der Waals surface area (Å²) in [5.41, 5.74) is 5.58. The van der Waals surface area contributed by atoms with Gasteiger partial charge in [0.1, 0.15) is 5.52 Å². The predicted octanol–water partition coefficient (Wildman–Crippen LogP) is 2.99. The number of carbonyl (C=O) groups excluding carboxylic acids is 1. The number of amides is 1. The number of methoxy groups -OCH3 is 1. The number of hydrogen-bond donors (Lipinski definition) is 1. The van der Waals surface area contributed by atoms with E-state index in [2.05, 4.69) is 53.3 Å². The number of aromatic nitrogens is 3. The Morgan fingerprint density at radius 2 is 2.00 bits per heavy atom. The maximum Gasteiger partial charge on any atom is 0.223 e. The van der Waals surface area contributed by atoms with Crippen molar-refractivity contribution in [2.24, 2.45) is 5.92 Å². The average molecular weight is 408 g/mol. The van der Waals surface area contributed by atoms with E-state index in [9.17, 15) is 4.79 Å². The third-order valence-corrected chi connectivity index (χ3v) is 5.94. The molecule has 1 aromatic carbocycles. The summed E-state index contributed by atoms with van der Waals surface area (Å²) in [6.07, 6.45) is 5.32. The van der Waals surface area contributed by atoms with Crippen LogP contribution in [0.3, 0.4) is 0 Å². The molecule has 30 heavy (non-hydrogen) atoms. The van der Waals surface area contributed by atoms with E-state index in [0.29, 0.717) is 13.2 Å². The number of nitrogens with zero attached hydrogens (tertiary/aromatic N) is 4. The van der Waals surface area contributed by atoms with Crippen LogP contribution >= 0.6 is 0 Å². The number of piperidine rings is 1. The lowest BCUT2D eigenvalue weighted by molar-refractivity contribution is -0.125. The van der Waals surface area contributed by atoms with Crippen molar-refractivity contribution >= 4 is 17.2 Å². The van der Waals surface area contributed by atoms with E-state index >= 15 is 0 Å². The Morgan fingerprint density at radius 3 is 2.73 bits per heavy atom. The van der Waals surface area contributed by atoms with Crippen LogP contribution in [-0.4, -0.2) is 53.9 Å². The number of benzene rings is 1. The van der Waals surface area contributed by atoms with E-state index in [1.54, 1.807) is 13.3 Å². The van der Waals surface area contributed by atoms with Crippen LogP contribution in [0.1, 0.15) is 24.0 Å². The van der Waals surface area contributed by atoms with Gasteiger partial charge in [0, 0.05) is 50.6 Å². The van der Waals surface area contributed by atoms with Gasteiger partial charge in [-0.2, -0.15) is 5.10 Å². The fourth-order valence-electron chi connectivity index (χ4n) is 3.97. The molecule has 0 atom stereocenters. The third-order valence-electron chi connectivity index (χ3n) is 5.94. The molecule has 2 aromatic heterocycles. The van der Waals surface area contributed by atoms with Gasteiger partial charge >= 0.3 is 0 Å². The average Bonchev–Trinajstić information content (AvgIpc) is 3.20. The van der Waals surface area contributed by atoms with Gasteiger partial charge in [0.05, 0.1) is 12.3 Å². The number of carbonyl (C=O) groups is 1. The monoisotopic (exact) mass is 407 g/mol. The summed E-state index contributed by atoms with van der Waals surface area (Å²) in [6, 6.07) is 8.54. The maximum absolute atomic E-state index is 12.3. The standard InChI is InChI=1S/C23H29N5O2/c1-16-4-5-19(14-17(16)2)20-15-21-22(24-8-12-28(21)26-20)27-10-6-18(7-11-27)23(29)25-9-13-30-3/h4-5,8,12,14-15,18H,6-7,9-11,13H2,1-3H3,(H,25,29). The van der Waals surface area contributed by atoms with Gasteiger partial charge in [-0.05, 0) is 49.9 Å². The lowest BCUT2D eigenvalue weighted by Gasteiger charge is -2.32. The van der Waals surface area contributed by atoms with Crippen molar-refractivity contribution < 1.29 is 9.53 Å². The first-order chi connectivity index (χ1) is 14.6. The van der Waals surface area contributed by atoms with Crippen molar-refractivity contribution in [3.63, 3.8) is 0 Å². The van der Waals surface area contributed by atoms with Crippen molar-refractivity contribution in [2.45, 2.75) is 26.7 Å². The second kappa shape index (κ2) is 8.83. The zero-order valence-corrected chi connectivity index (χ0v) is 17.9. The van der Waals surface area contributed by atoms with Gasteiger partial charge in [0.25, 0.3) is 0 Å². The number of hydrogen-bond acceptors (Lipinski definition) is 5. The van der Waals surface area contributed by atoms with E-state index in [-0.39, 0.29) is 11.8 Å². The highest BCUT2D eigenvalue weighted by atomic mass is 16.5.